The first-order chi connectivity index (χ1) is 9.45. The minimum Gasteiger partial charge on any atom is -0.478 e. The zero-order valence-corrected chi connectivity index (χ0v) is 12.2. The molecule has 1 aromatic heterocycles. The summed E-state index contributed by atoms with van der Waals surface area (Å²) in [6, 6.07) is 6.34. The molecule has 0 bridgehead atoms. The van der Waals surface area contributed by atoms with Crippen molar-refractivity contribution in [2.45, 2.75) is 17.8 Å². The Kier molecular flexibility index (Phi) is 4.46. The Labute approximate surface area is 125 Å². The highest BCUT2D eigenvalue weighted by Gasteiger charge is 2.08. The molecule has 104 valence electrons. The number of aromatic carboxylic acids is 1. The zero-order chi connectivity index (χ0) is 14.7. The molecule has 1 heterocycles. The van der Waals surface area contributed by atoms with E-state index in [9.17, 15) is 4.79 Å². The van der Waals surface area contributed by atoms with Crippen molar-refractivity contribution < 1.29 is 9.90 Å². The number of hydrogen-bond donors (Lipinski definition) is 2. The van der Waals surface area contributed by atoms with Gasteiger partial charge in [0.2, 0.25) is 0 Å². The molecule has 0 atom stereocenters. The number of rotatable bonds is 4. The fraction of sp³-hybridized carbons (Fsp3) is 0.154. The van der Waals surface area contributed by atoms with Crippen LogP contribution in [0.2, 0.25) is 5.02 Å². The standard InChI is InChI=1S/C13H12ClN3O2S/c1-7-4-11(15)17-13(16-7)20-6-9-3-2-8(12(18)19)5-10(9)14/h2-5H,6H2,1H3,(H,18,19)(H2,15,16,17). The number of nitrogens with zero attached hydrogens (tertiary/aromatic N) is 2. The lowest BCUT2D eigenvalue weighted by Gasteiger charge is -2.05. The summed E-state index contributed by atoms with van der Waals surface area (Å²) < 4.78 is 0. The third kappa shape index (κ3) is 3.61. The fourth-order valence-electron chi connectivity index (χ4n) is 1.57. The first-order valence-electron chi connectivity index (χ1n) is 5.71. The minimum absolute atomic E-state index is 0.166. The molecule has 3 N–H and O–H groups in total. The number of carboxylic acid groups (broad SMARTS) is 1. The Morgan fingerprint density at radius 2 is 2.15 bits per heavy atom. The van der Waals surface area contributed by atoms with Gasteiger partial charge in [0.05, 0.1) is 5.56 Å². The van der Waals surface area contributed by atoms with Crippen molar-refractivity contribution in [1.29, 1.82) is 0 Å². The quantitative estimate of drug-likeness (QED) is 0.666. The summed E-state index contributed by atoms with van der Waals surface area (Å²) in [4.78, 5) is 19.2. The maximum Gasteiger partial charge on any atom is 0.335 e. The van der Waals surface area contributed by atoms with E-state index in [1.54, 1.807) is 12.1 Å². The average molecular weight is 310 g/mol. The predicted octanol–water partition coefficient (Wildman–Crippen LogP) is 3.01. The lowest BCUT2D eigenvalue weighted by atomic mass is 10.1. The van der Waals surface area contributed by atoms with Gasteiger partial charge in [0.25, 0.3) is 0 Å². The van der Waals surface area contributed by atoms with Gasteiger partial charge in [-0.2, -0.15) is 0 Å². The van der Waals surface area contributed by atoms with E-state index >= 15 is 0 Å². The highest BCUT2D eigenvalue weighted by Crippen LogP contribution is 2.26. The topological polar surface area (TPSA) is 89.1 Å². The Hall–Kier alpha value is -1.79. The van der Waals surface area contributed by atoms with Gasteiger partial charge in [0, 0.05) is 22.5 Å². The van der Waals surface area contributed by atoms with E-state index in [1.807, 2.05) is 6.92 Å². The average Bonchev–Trinajstić information content (AvgIpc) is 2.36. The molecule has 0 aliphatic heterocycles. The van der Waals surface area contributed by atoms with Crippen LogP contribution in [0.15, 0.2) is 29.4 Å². The van der Waals surface area contributed by atoms with E-state index in [4.69, 9.17) is 22.4 Å². The number of aryl methyl sites for hydroxylation is 1. The first kappa shape index (κ1) is 14.6. The number of anilines is 1. The van der Waals surface area contributed by atoms with Gasteiger partial charge in [-0.05, 0) is 24.6 Å². The van der Waals surface area contributed by atoms with Crippen molar-refractivity contribution in [1.82, 2.24) is 9.97 Å². The van der Waals surface area contributed by atoms with E-state index in [0.717, 1.165) is 11.3 Å². The smallest absolute Gasteiger partial charge is 0.335 e. The molecule has 0 amide bonds. The summed E-state index contributed by atoms with van der Waals surface area (Å²) in [5.41, 5.74) is 7.44. The van der Waals surface area contributed by atoms with E-state index in [1.165, 1.54) is 23.9 Å². The number of benzene rings is 1. The maximum absolute atomic E-state index is 10.8. The molecule has 0 unspecified atom stereocenters. The van der Waals surface area contributed by atoms with E-state index in [2.05, 4.69) is 9.97 Å². The second-order valence-electron chi connectivity index (χ2n) is 4.12. The van der Waals surface area contributed by atoms with Crippen LogP contribution in [0.1, 0.15) is 21.6 Å². The van der Waals surface area contributed by atoms with Crippen molar-refractivity contribution in [3.63, 3.8) is 0 Å². The fourth-order valence-corrected chi connectivity index (χ4v) is 2.81. The second-order valence-corrected chi connectivity index (χ2v) is 5.47. The molecular formula is C13H12ClN3O2S. The molecule has 20 heavy (non-hydrogen) atoms. The van der Waals surface area contributed by atoms with Crippen molar-refractivity contribution >= 4 is 35.1 Å². The van der Waals surface area contributed by atoms with Crippen molar-refractivity contribution in [2.24, 2.45) is 0 Å². The first-order valence-corrected chi connectivity index (χ1v) is 7.08. The molecule has 0 radical (unpaired) electrons. The monoisotopic (exact) mass is 309 g/mol. The van der Waals surface area contributed by atoms with Crippen LogP contribution in [0.25, 0.3) is 0 Å². The number of carboxylic acids is 1. The zero-order valence-electron chi connectivity index (χ0n) is 10.6. The molecule has 2 aromatic rings. The highest BCUT2D eigenvalue weighted by molar-refractivity contribution is 7.98. The normalized spacial score (nSPS) is 10.5. The summed E-state index contributed by atoms with van der Waals surface area (Å²) in [5, 5.41) is 9.86. The van der Waals surface area contributed by atoms with Gasteiger partial charge in [-0.3, -0.25) is 0 Å². The summed E-state index contributed by atoms with van der Waals surface area (Å²) in [6.07, 6.45) is 0. The van der Waals surface area contributed by atoms with E-state index in [-0.39, 0.29) is 5.56 Å². The van der Waals surface area contributed by atoms with Crippen molar-refractivity contribution in [3.8, 4) is 0 Å². The third-order valence-electron chi connectivity index (χ3n) is 2.51. The van der Waals surface area contributed by atoms with Gasteiger partial charge in [-0.25, -0.2) is 14.8 Å². The van der Waals surface area contributed by atoms with Crippen LogP contribution in [-0.4, -0.2) is 21.0 Å². The molecule has 0 saturated carbocycles. The van der Waals surface area contributed by atoms with Crippen molar-refractivity contribution in [2.75, 3.05) is 5.73 Å². The molecule has 2 rings (SSSR count). The number of nitrogens with two attached hydrogens (primary N) is 1. The van der Waals surface area contributed by atoms with Crippen molar-refractivity contribution in [3.05, 3.63) is 46.1 Å². The minimum atomic E-state index is -0.999. The Morgan fingerprint density at radius 1 is 1.40 bits per heavy atom. The van der Waals surface area contributed by atoms with Gasteiger partial charge < -0.3 is 10.8 Å². The maximum atomic E-state index is 10.8. The van der Waals surface area contributed by atoms with Crippen LogP contribution >= 0.6 is 23.4 Å². The van der Waals surface area contributed by atoms with Gasteiger partial charge in [0.15, 0.2) is 5.16 Å². The third-order valence-corrected chi connectivity index (χ3v) is 3.76. The molecule has 7 heteroatoms. The summed E-state index contributed by atoms with van der Waals surface area (Å²) in [5.74, 6) is -0.0324. The molecule has 0 fully saturated rings. The SMILES string of the molecule is Cc1cc(N)nc(SCc2ccc(C(=O)O)cc2Cl)n1. The Bertz CT molecular complexity index is 644. The van der Waals surface area contributed by atoms with Gasteiger partial charge >= 0.3 is 5.97 Å². The molecular weight excluding hydrogens is 298 g/mol. The van der Waals surface area contributed by atoms with Crippen LogP contribution in [0.4, 0.5) is 5.82 Å². The van der Waals surface area contributed by atoms with Gasteiger partial charge in [-0.15, -0.1) is 0 Å². The molecule has 0 aliphatic rings. The molecule has 0 aliphatic carbocycles. The Balaban J connectivity index is 2.12. The molecule has 0 saturated heterocycles. The van der Waals surface area contributed by atoms with Crippen LogP contribution in [0, 0.1) is 6.92 Å². The van der Waals surface area contributed by atoms with E-state index < -0.39 is 5.97 Å². The lowest BCUT2D eigenvalue weighted by molar-refractivity contribution is 0.0697. The van der Waals surface area contributed by atoms with Gasteiger partial charge in [-0.1, -0.05) is 29.4 Å². The number of hydrogen-bond acceptors (Lipinski definition) is 5. The van der Waals surface area contributed by atoms with Gasteiger partial charge in [0.1, 0.15) is 5.82 Å². The number of thioether (sulfide) groups is 1. The highest BCUT2D eigenvalue weighted by atomic mass is 35.5. The van der Waals surface area contributed by atoms with Crippen LogP contribution in [0.5, 0.6) is 0 Å². The number of aromatic nitrogens is 2. The number of nitrogen functional groups attached to an aromatic ring is 1. The summed E-state index contributed by atoms with van der Waals surface area (Å²) >= 11 is 7.46. The predicted molar refractivity (Wildman–Crippen MR) is 79.2 cm³/mol. The Morgan fingerprint density at radius 3 is 2.75 bits per heavy atom. The molecule has 0 spiro atoms. The van der Waals surface area contributed by atoms with Crippen LogP contribution in [-0.2, 0) is 5.75 Å². The number of halogens is 1. The summed E-state index contributed by atoms with van der Waals surface area (Å²) in [7, 11) is 0. The largest absolute Gasteiger partial charge is 0.478 e. The summed E-state index contributed by atoms with van der Waals surface area (Å²) in [6.45, 7) is 1.84. The molecule has 1 aromatic carbocycles. The van der Waals surface area contributed by atoms with E-state index in [0.29, 0.717) is 21.7 Å². The second kappa shape index (κ2) is 6.11. The number of carbonyl (C=O) groups is 1. The van der Waals surface area contributed by atoms with Crippen LogP contribution < -0.4 is 5.73 Å². The molecule has 5 nitrogen and oxygen atoms in total. The van der Waals surface area contributed by atoms with Crippen LogP contribution in [0.3, 0.4) is 0 Å². The lowest BCUT2D eigenvalue weighted by Crippen LogP contribution is -1.98.